The molecule has 0 aliphatic carbocycles. The Morgan fingerprint density at radius 3 is 2.50 bits per heavy atom. The van der Waals surface area contributed by atoms with Gasteiger partial charge in [-0.1, -0.05) is 46.9 Å². The SMILES string of the molecule is OC(Cc1ccc(Cl)cc1Cl)c1ccc(Cl)nc1. The fraction of sp³-hybridized carbons (Fsp3) is 0.154. The molecule has 1 unspecified atom stereocenters. The zero-order valence-corrected chi connectivity index (χ0v) is 11.5. The average molecular weight is 303 g/mol. The summed E-state index contributed by atoms with van der Waals surface area (Å²) >= 11 is 17.6. The molecule has 1 aromatic carbocycles. The third-order valence-electron chi connectivity index (χ3n) is 2.56. The number of benzene rings is 1. The molecular formula is C13H10Cl3NO. The van der Waals surface area contributed by atoms with Crippen LogP contribution in [0.15, 0.2) is 36.5 Å². The normalized spacial score (nSPS) is 12.4. The van der Waals surface area contributed by atoms with Gasteiger partial charge >= 0.3 is 0 Å². The molecule has 1 aromatic heterocycles. The number of aliphatic hydroxyl groups is 1. The Hall–Kier alpha value is -0.800. The first-order valence-corrected chi connectivity index (χ1v) is 6.43. The second kappa shape index (κ2) is 5.89. The van der Waals surface area contributed by atoms with Gasteiger partial charge < -0.3 is 5.11 Å². The number of nitrogens with zero attached hydrogens (tertiary/aromatic N) is 1. The van der Waals surface area contributed by atoms with Gasteiger partial charge in [-0.05, 0) is 29.3 Å². The molecule has 0 saturated heterocycles. The molecule has 1 atom stereocenters. The third kappa shape index (κ3) is 3.36. The van der Waals surface area contributed by atoms with E-state index in [4.69, 9.17) is 34.8 Å². The molecule has 1 heterocycles. The van der Waals surface area contributed by atoms with Crippen LogP contribution in [0.4, 0.5) is 0 Å². The minimum atomic E-state index is -0.673. The molecule has 0 bridgehead atoms. The van der Waals surface area contributed by atoms with Crippen LogP contribution in [0, 0.1) is 0 Å². The van der Waals surface area contributed by atoms with Crippen LogP contribution < -0.4 is 0 Å². The minimum absolute atomic E-state index is 0.399. The maximum atomic E-state index is 10.1. The predicted molar refractivity (Wildman–Crippen MR) is 74.4 cm³/mol. The molecule has 0 aliphatic heterocycles. The highest BCUT2D eigenvalue weighted by Gasteiger charge is 2.11. The van der Waals surface area contributed by atoms with Crippen LogP contribution in [0.3, 0.4) is 0 Å². The molecular weight excluding hydrogens is 293 g/mol. The lowest BCUT2D eigenvalue weighted by Crippen LogP contribution is -2.02. The van der Waals surface area contributed by atoms with Gasteiger partial charge in [-0.2, -0.15) is 0 Å². The first-order valence-electron chi connectivity index (χ1n) is 5.29. The van der Waals surface area contributed by atoms with Crippen LogP contribution in [-0.2, 0) is 6.42 Å². The van der Waals surface area contributed by atoms with Crippen molar-refractivity contribution in [3.63, 3.8) is 0 Å². The van der Waals surface area contributed by atoms with E-state index in [-0.39, 0.29) is 0 Å². The first-order chi connectivity index (χ1) is 8.56. The quantitative estimate of drug-likeness (QED) is 0.857. The molecule has 1 N–H and O–H groups in total. The topological polar surface area (TPSA) is 33.1 Å². The van der Waals surface area contributed by atoms with Gasteiger partial charge in [0, 0.05) is 22.7 Å². The first kappa shape index (κ1) is 13.6. The Bertz CT molecular complexity index is 542. The van der Waals surface area contributed by atoms with Gasteiger partial charge in [-0.3, -0.25) is 0 Å². The molecule has 0 spiro atoms. The van der Waals surface area contributed by atoms with E-state index >= 15 is 0 Å². The van der Waals surface area contributed by atoms with Crippen molar-refractivity contribution in [2.75, 3.05) is 0 Å². The maximum Gasteiger partial charge on any atom is 0.129 e. The summed E-state index contributed by atoms with van der Waals surface area (Å²) < 4.78 is 0. The highest BCUT2D eigenvalue weighted by molar-refractivity contribution is 6.35. The smallest absolute Gasteiger partial charge is 0.129 e. The number of aromatic nitrogens is 1. The predicted octanol–water partition coefficient (Wildman–Crippen LogP) is 4.32. The van der Waals surface area contributed by atoms with Gasteiger partial charge in [0.15, 0.2) is 0 Å². The zero-order chi connectivity index (χ0) is 13.1. The largest absolute Gasteiger partial charge is 0.388 e. The van der Waals surface area contributed by atoms with Crippen molar-refractivity contribution in [3.8, 4) is 0 Å². The molecule has 0 radical (unpaired) electrons. The third-order valence-corrected chi connectivity index (χ3v) is 3.37. The molecule has 5 heteroatoms. The van der Waals surface area contributed by atoms with E-state index in [1.54, 1.807) is 36.5 Å². The van der Waals surface area contributed by atoms with Crippen molar-refractivity contribution in [2.45, 2.75) is 12.5 Å². The van der Waals surface area contributed by atoms with E-state index in [0.717, 1.165) is 5.56 Å². The van der Waals surface area contributed by atoms with Crippen LogP contribution in [0.5, 0.6) is 0 Å². The van der Waals surface area contributed by atoms with E-state index in [9.17, 15) is 5.11 Å². The fourth-order valence-corrected chi connectivity index (χ4v) is 2.20. The van der Waals surface area contributed by atoms with E-state index in [2.05, 4.69) is 4.98 Å². The van der Waals surface area contributed by atoms with Crippen molar-refractivity contribution in [3.05, 3.63) is 62.9 Å². The minimum Gasteiger partial charge on any atom is -0.388 e. The van der Waals surface area contributed by atoms with Crippen molar-refractivity contribution in [1.82, 2.24) is 4.98 Å². The lowest BCUT2D eigenvalue weighted by Gasteiger charge is -2.12. The number of hydrogen-bond acceptors (Lipinski definition) is 2. The fourth-order valence-electron chi connectivity index (χ4n) is 1.60. The van der Waals surface area contributed by atoms with E-state index in [1.165, 1.54) is 0 Å². The summed E-state index contributed by atoms with van der Waals surface area (Å²) in [5.41, 5.74) is 1.54. The highest BCUT2D eigenvalue weighted by Crippen LogP contribution is 2.26. The Kier molecular flexibility index (Phi) is 4.46. The summed E-state index contributed by atoms with van der Waals surface area (Å²) in [6, 6.07) is 8.59. The maximum absolute atomic E-state index is 10.1. The summed E-state index contributed by atoms with van der Waals surface area (Å²) in [5.74, 6) is 0. The van der Waals surface area contributed by atoms with Crippen molar-refractivity contribution in [2.24, 2.45) is 0 Å². The molecule has 0 amide bonds. The van der Waals surface area contributed by atoms with E-state index < -0.39 is 6.10 Å². The van der Waals surface area contributed by atoms with Crippen LogP contribution >= 0.6 is 34.8 Å². The van der Waals surface area contributed by atoms with Gasteiger partial charge in [-0.25, -0.2) is 4.98 Å². The molecule has 2 rings (SSSR count). The lowest BCUT2D eigenvalue weighted by atomic mass is 10.0. The van der Waals surface area contributed by atoms with Crippen LogP contribution in [0.1, 0.15) is 17.2 Å². The van der Waals surface area contributed by atoms with Crippen LogP contribution in [0.2, 0.25) is 15.2 Å². The monoisotopic (exact) mass is 301 g/mol. The van der Waals surface area contributed by atoms with Crippen LogP contribution in [-0.4, -0.2) is 10.1 Å². The summed E-state index contributed by atoms with van der Waals surface area (Å²) in [4.78, 5) is 3.93. The summed E-state index contributed by atoms with van der Waals surface area (Å²) in [6.07, 6.45) is 1.28. The highest BCUT2D eigenvalue weighted by atomic mass is 35.5. The number of halogens is 3. The molecule has 0 aliphatic rings. The van der Waals surface area contributed by atoms with Gasteiger partial charge in [0.1, 0.15) is 5.15 Å². The zero-order valence-electron chi connectivity index (χ0n) is 9.28. The molecule has 2 nitrogen and oxygen atoms in total. The molecule has 0 fully saturated rings. The van der Waals surface area contributed by atoms with Gasteiger partial charge in [-0.15, -0.1) is 0 Å². The summed E-state index contributed by atoms with van der Waals surface area (Å²) in [6.45, 7) is 0. The second-order valence-electron chi connectivity index (χ2n) is 3.87. The Morgan fingerprint density at radius 1 is 1.11 bits per heavy atom. The summed E-state index contributed by atoms with van der Waals surface area (Å²) in [5, 5.41) is 11.6. The summed E-state index contributed by atoms with van der Waals surface area (Å²) in [7, 11) is 0. The van der Waals surface area contributed by atoms with Crippen molar-refractivity contribution >= 4 is 34.8 Å². The molecule has 18 heavy (non-hydrogen) atoms. The average Bonchev–Trinajstić information content (AvgIpc) is 2.33. The number of hydrogen-bond donors (Lipinski definition) is 1. The van der Waals surface area contributed by atoms with Crippen molar-refractivity contribution < 1.29 is 5.11 Å². The van der Waals surface area contributed by atoms with E-state index in [0.29, 0.717) is 27.2 Å². The van der Waals surface area contributed by atoms with E-state index in [1.807, 2.05) is 0 Å². The van der Waals surface area contributed by atoms with Gasteiger partial charge in [0.05, 0.1) is 6.10 Å². The van der Waals surface area contributed by atoms with Crippen molar-refractivity contribution in [1.29, 1.82) is 0 Å². The lowest BCUT2D eigenvalue weighted by molar-refractivity contribution is 0.178. The van der Waals surface area contributed by atoms with Gasteiger partial charge in [0.25, 0.3) is 0 Å². The standard InChI is InChI=1S/C13H10Cl3NO/c14-10-3-1-8(11(15)6-10)5-12(18)9-2-4-13(16)17-7-9/h1-4,6-7,12,18H,5H2. The number of pyridine rings is 1. The Morgan fingerprint density at radius 2 is 1.89 bits per heavy atom. The molecule has 2 aromatic rings. The Balaban J connectivity index is 2.15. The number of aliphatic hydroxyl groups excluding tert-OH is 1. The second-order valence-corrected chi connectivity index (χ2v) is 5.10. The van der Waals surface area contributed by atoms with Crippen LogP contribution in [0.25, 0.3) is 0 Å². The van der Waals surface area contributed by atoms with Gasteiger partial charge in [0.2, 0.25) is 0 Å². The molecule has 94 valence electrons. The molecule has 0 saturated carbocycles. The number of rotatable bonds is 3. The Labute approximate surface area is 120 Å².